The molecule has 2 aromatic rings. The first kappa shape index (κ1) is 16.3. The van der Waals surface area contributed by atoms with E-state index in [-0.39, 0.29) is 0 Å². The molecule has 0 spiro atoms. The fourth-order valence-corrected chi connectivity index (χ4v) is 2.60. The summed E-state index contributed by atoms with van der Waals surface area (Å²) < 4.78 is 11.3. The van der Waals surface area contributed by atoms with Gasteiger partial charge in [0.05, 0.1) is 24.1 Å². The van der Waals surface area contributed by atoms with Crippen molar-refractivity contribution >= 4 is 34.8 Å². The number of alkyl halides is 1. The van der Waals surface area contributed by atoms with Crippen molar-refractivity contribution in [3.05, 3.63) is 58.1 Å². The molecule has 0 atom stereocenters. The lowest BCUT2D eigenvalue weighted by atomic mass is 10.2. The molecule has 0 aliphatic rings. The van der Waals surface area contributed by atoms with E-state index in [1.807, 2.05) is 30.3 Å². The van der Waals surface area contributed by atoms with Crippen LogP contribution in [0.4, 0.5) is 0 Å². The summed E-state index contributed by atoms with van der Waals surface area (Å²) >= 11 is 17.9. The Morgan fingerprint density at radius 1 is 0.905 bits per heavy atom. The summed E-state index contributed by atoms with van der Waals surface area (Å²) in [6.07, 6.45) is 0.746. The Labute approximate surface area is 139 Å². The van der Waals surface area contributed by atoms with Crippen LogP contribution in [0.2, 0.25) is 10.0 Å². The topological polar surface area (TPSA) is 18.5 Å². The highest BCUT2D eigenvalue weighted by Gasteiger charge is 2.10. The maximum atomic E-state index is 6.12. The number of para-hydroxylation sites is 1. The van der Waals surface area contributed by atoms with Crippen LogP contribution in [-0.4, -0.2) is 13.2 Å². The lowest BCUT2D eigenvalue weighted by Crippen LogP contribution is -2.06. The van der Waals surface area contributed by atoms with Gasteiger partial charge in [-0.05, 0) is 24.3 Å². The molecule has 0 unspecified atom stereocenters. The van der Waals surface area contributed by atoms with Gasteiger partial charge in [-0.1, -0.05) is 41.4 Å². The molecule has 0 heterocycles. The molecule has 0 aliphatic heterocycles. The summed E-state index contributed by atoms with van der Waals surface area (Å²) in [5, 5.41) is 1.03. The van der Waals surface area contributed by atoms with Crippen LogP contribution < -0.4 is 9.47 Å². The summed E-state index contributed by atoms with van der Waals surface area (Å²) in [7, 11) is 0. The smallest absolute Gasteiger partial charge is 0.142 e. The second-order valence-corrected chi connectivity index (χ2v) is 5.48. The average molecular weight is 346 g/mol. The standard InChI is InChI=1S/C16H15Cl3O2/c17-11-12-9-13(18)10-15(19)16(12)21-8-4-7-20-14-5-2-1-3-6-14/h1-3,5-6,9-10H,4,7-8,11H2. The Bertz CT molecular complexity index is 573. The van der Waals surface area contributed by atoms with E-state index in [0.29, 0.717) is 34.9 Å². The zero-order valence-electron chi connectivity index (χ0n) is 11.3. The monoisotopic (exact) mass is 344 g/mol. The predicted molar refractivity (Wildman–Crippen MR) is 88.1 cm³/mol. The minimum atomic E-state index is 0.302. The van der Waals surface area contributed by atoms with Gasteiger partial charge in [0.1, 0.15) is 11.5 Å². The third-order valence-electron chi connectivity index (χ3n) is 2.78. The molecule has 0 aliphatic carbocycles. The molecule has 2 aromatic carbocycles. The third-order valence-corrected chi connectivity index (χ3v) is 3.56. The van der Waals surface area contributed by atoms with Crippen LogP contribution in [0.3, 0.4) is 0 Å². The molecule has 0 aromatic heterocycles. The Balaban J connectivity index is 1.81. The van der Waals surface area contributed by atoms with Crippen LogP contribution in [0.15, 0.2) is 42.5 Å². The lowest BCUT2D eigenvalue weighted by molar-refractivity contribution is 0.246. The minimum absolute atomic E-state index is 0.302. The van der Waals surface area contributed by atoms with E-state index in [2.05, 4.69) is 0 Å². The van der Waals surface area contributed by atoms with E-state index in [0.717, 1.165) is 17.7 Å². The zero-order valence-corrected chi connectivity index (χ0v) is 13.6. The summed E-state index contributed by atoms with van der Waals surface area (Å²) in [6, 6.07) is 13.1. The van der Waals surface area contributed by atoms with Crippen molar-refractivity contribution in [1.82, 2.24) is 0 Å². The molecule has 5 heteroatoms. The Morgan fingerprint density at radius 2 is 1.62 bits per heavy atom. The second-order valence-electron chi connectivity index (χ2n) is 4.37. The van der Waals surface area contributed by atoms with Gasteiger partial charge in [0.15, 0.2) is 0 Å². The molecule has 0 N–H and O–H groups in total. The van der Waals surface area contributed by atoms with Crippen LogP contribution in [0.1, 0.15) is 12.0 Å². The predicted octanol–water partition coefficient (Wildman–Crippen LogP) is 5.58. The van der Waals surface area contributed by atoms with Gasteiger partial charge < -0.3 is 9.47 Å². The van der Waals surface area contributed by atoms with Gasteiger partial charge in [0.2, 0.25) is 0 Å². The molecular weight excluding hydrogens is 331 g/mol. The fraction of sp³-hybridized carbons (Fsp3) is 0.250. The first-order valence-corrected chi connectivity index (χ1v) is 7.84. The summed E-state index contributed by atoms with van der Waals surface area (Å²) in [4.78, 5) is 0. The highest BCUT2D eigenvalue weighted by molar-refractivity contribution is 6.36. The van der Waals surface area contributed by atoms with E-state index in [1.165, 1.54) is 0 Å². The van der Waals surface area contributed by atoms with Crippen molar-refractivity contribution in [2.45, 2.75) is 12.3 Å². The highest BCUT2D eigenvalue weighted by atomic mass is 35.5. The number of halogens is 3. The normalized spacial score (nSPS) is 10.4. The minimum Gasteiger partial charge on any atom is -0.493 e. The molecule has 2 rings (SSSR count). The van der Waals surface area contributed by atoms with Gasteiger partial charge in [-0.15, -0.1) is 11.6 Å². The van der Waals surface area contributed by atoms with Gasteiger partial charge in [0.25, 0.3) is 0 Å². The van der Waals surface area contributed by atoms with Crippen molar-refractivity contribution in [2.24, 2.45) is 0 Å². The van der Waals surface area contributed by atoms with Crippen LogP contribution >= 0.6 is 34.8 Å². The van der Waals surface area contributed by atoms with E-state index < -0.39 is 0 Å². The third kappa shape index (κ3) is 4.99. The maximum absolute atomic E-state index is 6.12. The quantitative estimate of drug-likeness (QED) is 0.482. The van der Waals surface area contributed by atoms with Crippen molar-refractivity contribution in [2.75, 3.05) is 13.2 Å². The molecular formula is C16H15Cl3O2. The van der Waals surface area contributed by atoms with Gasteiger partial charge >= 0.3 is 0 Å². The first-order valence-electron chi connectivity index (χ1n) is 6.55. The zero-order chi connectivity index (χ0) is 15.1. The number of hydrogen-bond donors (Lipinski definition) is 0. The fourth-order valence-electron chi connectivity index (χ4n) is 1.81. The SMILES string of the molecule is ClCc1cc(Cl)cc(Cl)c1OCCCOc1ccccc1. The van der Waals surface area contributed by atoms with Gasteiger partial charge in [-0.25, -0.2) is 0 Å². The molecule has 0 saturated heterocycles. The van der Waals surface area contributed by atoms with Crippen LogP contribution in [0, 0.1) is 0 Å². The van der Waals surface area contributed by atoms with Crippen molar-refractivity contribution < 1.29 is 9.47 Å². The first-order chi connectivity index (χ1) is 10.2. The number of rotatable bonds is 7. The molecule has 2 nitrogen and oxygen atoms in total. The van der Waals surface area contributed by atoms with Gasteiger partial charge in [-0.2, -0.15) is 0 Å². The average Bonchev–Trinajstić information content (AvgIpc) is 2.49. The number of benzene rings is 2. The van der Waals surface area contributed by atoms with E-state index in [9.17, 15) is 0 Å². The molecule has 0 radical (unpaired) electrons. The largest absolute Gasteiger partial charge is 0.493 e. The van der Waals surface area contributed by atoms with Crippen LogP contribution in [0.5, 0.6) is 11.5 Å². The summed E-state index contributed by atoms with van der Waals surface area (Å²) in [5.41, 5.74) is 0.790. The summed E-state index contributed by atoms with van der Waals surface area (Å²) in [5.74, 6) is 1.75. The summed E-state index contributed by atoms with van der Waals surface area (Å²) in [6.45, 7) is 1.07. The molecule has 21 heavy (non-hydrogen) atoms. The Morgan fingerprint density at radius 3 is 2.33 bits per heavy atom. The molecule has 0 amide bonds. The molecule has 0 fully saturated rings. The van der Waals surface area contributed by atoms with Crippen molar-refractivity contribution in [3.63, 3.8) is 0 Å². The van der Waals surface area contributed by atoms with Crippen LogP contribution in [0.25, 0.3) is 0 Å². The van der Waals surface area contributed by atoms with Crippen molar-refractivity contribution in [1.29, 1.82) is 0 Å². The van der Waals surface area contributed by atoms with Gasteiger partial charge in [-0.3, -0.25) is 0 Å². The van der Waals surface area contributed by atoms with E-state index in [1.54, 1.807) is 12.1 Å². The van der Waals surface area contributed by atoms with Crippen LogP contribution in [-0.2, 0) is 5.88 Å². The molecule has 112 valence electrons. The lowest BCUT2D eigenvalue weighted by Gasteiger charge is -2.12. The Hall–Kier alpha value is -1.09. The highest BCUT2D eigenvalue weighted by Crippen LogP contribution is 2.33. The van der Waals surface area contributed by atoms with Gasteiger partial charge in [0, 0.05) is 17.0 Å². The molecule has 0 saturated carbocycles. The number of hydrogen-bond acceptors (Lipinski definition) is 2. The Kier molecular flexibility index (Phi) is 6.50. The number of ether oxygens (including phenoxy) is 2. The van der Waals surface area contributed by atoms with Crippen molar-refractivity contribution in [3.8, 4) is 11.5 Å². The van der Waals surface area contributed by atoms with E-state index >= 15 is 0 Å². The second kappa shape index (κ2) is 8.38. The maximum Gasteiger partial charge on any atom is 0.142 e. The van der Waals surface area contributed by atoms with E-state index in [4.69, 9.17) is 44.3 Å². The molecule has 0 bridgehead atoms.